The number of hydrogen-bond acceptors (Lipinski definition) is 2. The van der Waals surface area contributed by atoms with Crippen molar-refractivity contribution < 1.29 is 4.74 Å². The van der Waals surface area contributed by atoms with Gasteiger partial charge < -0.3 is 9.64 Å². The van der Waals surface area contributed by atoms with Crippen molar-refractivity contribution >= 4 is 40.2 Å². The molecule has 4 aromatic rings. The lowest BCUT2D eigenvalue weighted by molar-refractivity contribution is 0.402. The summed E-state index contributed by atoms with van der Waals surface area (Å²) in [6.07, 6.45) is 1.14. The van der Waals surface area contributed by atoms with E-state index >= 15 is 0 Å². The zero-order valence-corrected chi connectivity index (χ0v) is 27.1. The predicted molar refractivity (Wildman–Crippen MR) is 180 cm³/mol. The highest BCUT2D eigenvalue weighted by molar-refractivity contribution is 6.99. The third-order valence-electron chi connectivity index (χ3n) is 10.0. The number of rotatable bonds is 1. The van der Waals surface area contributed by atoms with E-state index in [-0.39, 0.29) is 28.4 Å². The van der Waals surface area contributed by atoms with E-state index < -0.39 is 0 Å². The maximum absolute atomic E-state index is 6.83. The van der Waals surface area contributed by atoms with E-state index in [1.807, 2.05) is 0 Å². The molecule has 3 heteroatoms. The minimum atomic E-state index is 0.0446. The molecule has 7 rings (SSSR count). The molecule has 0 saturated heterocycles. The van der Waals surface area contributed by atoms with Gasteiger partial charge in [0, 0.05) is 17.1 Å². The number of anilines is 3. The van der Waals surface area contributed by atoms with Crippen LogP contribution in [0.25, 0.3) is 0 Å². The lowest BCUT2D eigenvalue weighted by Crippen LogP contribution is -2.59. The third-order valence-corrected chi connectivity index (χ3v) is 10.0. The number of ether oxygens (including phenoxy) is 1. The second kappa shape index (κ2) is 8.56. The molecule has 0 amide bonds. The molecule has 2 aliphatic heterocycles. The second-order valence-corrected chi connectivity index (χ2v) is 16.3. The topological polar surface area (TPSA) is 12.5 Å². The average Bonchev–Trinajstić information content (AvgIpc) is 3.08. The first-order valence-corrected chi connectivity index (χ1v) is 15.6. The molecule has 2 nitrogen and oxygen atoms in total. The molecule has 0 saturated carbocycles. The standard InChI is InChI=1S/C39H44BNO/c1-36(2,3)24-14-17-26(18-15-24)41-31-12-11-13-33-35(31)40(29-19-16-25(20-32(29)41)37(4,5)6)30-21-27-28(22-34(30)42-33)39(9,10)23-38(27,7)8/h11-22H,23H2,1-10H3. The summed E-state index contributed by atoms with van der Waals surface area (Å²) < 4.78 is 6.83. The highest BCUT2D eigenvalue weighted by Gasteiger charge is 2.47. The molecular formula is C39H44BNO. The van der Waals surface area contributed by atoms with E-state index in [9.17, 15) is 0 Å². The van der Waals surface area contributed by atoms with Crippen molar-refractivity contribution in [3.8, 4) is 11.5 Å². The van der Waals surface area contributed by atoms with Gasteiger partial charge in [-0.1, -0.05) is 106 Å². The highest BCUT2D eigenvalue weighted by Crippen LogP contribution is 2.51. The summed E-state index contributed by atoms with van der Waals surface area (Å²) in [4.78, 5) is 2.47. The second-order valence-electron chi connectivity index (χ2n) is 16.3. The zero-order valence-electron chi connectivity index (χ0n) is 27.1. The van der Waals surface area contributed by atoms with Crippen LogP contribution in [0.2, 0.25) is 0 Å². The molecule has 0 bridgehead atoms. The van der Waals surface area contributed by atoms with Crippen molar-refractivity contribution in [1.29, 1.82) is 0 Å². The Balaban J connectivity index is 1.50. The first-order valence-electron chi connectivity index (χ1n) is 15.6. The molecule has 0 spiro atoms. The molecule has 3 aliphatic rings. The predicted octanol–water partition coefficient (Wildman–Crippen LogP) is 8.65. The van der Waals surface area contributed by atoms with Crippen LogP contribution >= 0.6 is 0 Å². The molecule has 4 aromatic carbocycles. The number of benzene rings is 4. The van der Waals surface area contributed by atoms with Crippen LogP contribution in [0.15, 0.2) is 72.8 Å². The number of fused-ring (bicyclic) bond motifs is 5. The van der Waals surface area contributed by atoms with Gasteiger partial charge in [0.1, 0.15) is 11.5 Å². The smallest absolute Gasteiger partial charge is 0.256 e. The first kappa shape index (κ1) is 27.4. The van der Waals surface area contributed by atoms with Gasteiger partial charge in [0.15, 0.2) is 0 Å². The fourth-order valence-electron chi connectivity index (χ4n) is 8.00. The number of hydrogen-bond donors (Lipinski definition) is 0. The highest BCUT2D eigenvalue weighted by atomic mass is 16.5. The largest absolute Gasteiger partial charge is 0.458 e. The van der Waals surface area contributed by atoms with Crippen LogP contribution in [0.5, 0.6) is 11.5 Å². The summed E-state index contributed by atoms with van der Waals surface area (Å²) in [5.41, 5.74) is 13.6. The maximum Gasteiger partial charge on any atom is 0.256 e. The molecule has 0 atom stereocenters. The van der Waals surface area contributed by atoms with Crippen molar-refractivity contribution in [3.63, 3.8) is 0 Å². The molecule has 0 radical (unpaired) electrons. The van der Waals surface area contributed by atoms with Crippen LogP contribution in [0, 0.1) is 0 Å². The Morgan fingerprint density at radius 3 is 1.90 bits per heavy atom. The Bertz CT molecular complexity index is 1750. The first-order chi connectivity index (χ1) is 19.6. The van der Waals surface area contributed by atoms with Crippen molar-refractivity contribution in [1.82, 2.24) is 0 Å². The summed E-state index contributed by atoms with van der Waals surface area (Å²) in [7, 11) is 0. The van der Waals surface area contributed by atoms with Crippen LogP contribution in [0.4, 0.5) is 17.1 Å². The van der Waals surface area contributed by atoms with Gasteiger partial charge in [-0.2, -0.15) is 0 Å². The van der Waals surface area contributed by atoms with Gasteiger partial charge in [-0.05, 0) is 103 Å². The van der Waals surface area contributed by atoms with Gasteiger partial charge in [0.05, 0.1) is 0 Å². The Morgan fingerprint density at radius 1 is 0.643 bits per heavy atom. The minimum absolute atomic E-state index is 0.0446. The summed E-state index contributed by atoms with van der Waals surface area (Å²) in [5, 5.41) is 0. The van der Waals surface area contributed by atoms with Gasteiger partial charge >= 0.3 is 0 Å². The Kier molecular flexibility index (Phi) is 5.58. The van der Waals surface area contributed by atoms with Gasteiger partial charge in [0.2, 0.25) is 0 Å². The molecule has 0 unspecified atom stereocenters. The fraction of sp³-hybridized carbons (Fsp3) is 0.385. The Hall–Kier alpha value is -3.46. The quantitative estimate of drug-likeness (QED) is 0.189. The third kappa shape index (κ3) is 3.99. The van der Waals surface area contributed by atoms with Crippen LogP contribution in [-0.2, 0) is 21.7 Å². The Labute approximate surface area is 253 Å². The van der Waals surface area contributed by atoms with Gasteiger partial charge in [-0.3, -0.25) is 0 Å². The average molecular weight is 554 g/mol. The van der Waals surface area contributed by atoms with Crippen molar-refractivity contribution in [2.45, 2.75) is 97.3 Å². The maximum atomic E-state index is 6.83. The normalized spacial score (nSPS) is 17.7. The van der Waals surface area contributed by atoms with Crippen molar-refractivity contribution in [2.24, 2.45) is 0 Å². The zero-order chi connectivity index (χ0) is 30.0. The molecule has 0 fully saturated rings. The van der Waals surface area contributed by atoms with E-state index in [0.29, 0.717) is 0 Å². The van der Waals surface area contributed by atoms with Crippen LogP contribution in [-0.4, -0.2) is 6.71 Å². The lowest BCUT2D eigenvalue weighted by Gasteiger charge is -2.41. The molecule has 214 valence electrons. The summed E-state index contributed by atoms with van der Waals surface area (Å²) >= 11 is 0. The van der Waals surface area contributed by atoms with E-state index in [1.54, 1.807) is 0 Å². The van der Waals surface area contributed by atoms with Gasteiger partial charge in [0.25, 0.3) is 6.71 Å². The van der Waals surface area contributed by atoms with Crippen LogP contribution in [0.3, 0.4) is 0 Å². The van der Waals surface area contributed by atoms with E-state index in [0.717, 1.165) is 17.9 Å². The van der Waals surface area contributed by atoms with E-state index in [1.165, 1.54) is 55.7 Å². The fourth-order valence-corrected chi connectivity index (χ4v) is 8.00. The summed E-state index contributed by atoms with van der Waals surface area (Å²) in [5.74, 6) is 1.99. The van der Waals surface area contributed by atoms with Crippen LogP contribution < -0.4 is 26.0 Å². The minimum Gasteiger partial charge on any atom is -0.458 e. The SMILES string of the molecule is CC(C)(C)c1ccc(N2c3cc(C(C)(C)C)ccc3B3c4cc5c(cc4Oc4cccc2c43)C(C)(C)CC5(C)C)cc1. The molecule has 42 heavy (non-hydrogen) atoms. The molecule has 0 aromatic heterocycles. The monoisotopic (exact) mass is 553 g/mol. The van der Waals surface area contributed by atoms with E-state index in [4.69, 9.17) is 4.74 Å². The number of nitrogens with zero attached hydrogens (tertiary/aromatic N) is 1. The summed E-state index contributed by atoms with van der Waals surface area (Å²) in [6.45, 7) is 23.5. The molecule has 0 N–H and O–H groups in total. The van der Waals surface area contributed by atoms with Crippen molar-refractivity contribution in [2.75, 3.05) is 4.90 Å². The van der Waals surface area contributed by atoms with Crippen LogP contribution in [0.1, 0.15) is 97.9 Å². The van der Waals surface area contributed by atoms with Gasteiger partial charge in [-0.25, -0.2) is 0 Å². The van der Waals surface area contributed by atoms with E-state index in [2.05, 4.69) is 147 Å². The summed E-state index contributed by atoms with van der Waals surface area (Å²) in [6, 6.07) is 27.8. The van der Waals surface area contributed by atoms with Crippen molar-refractivity contribution in [3.05, 3.63) is 95.1 Å². The van der Waals surface area contributed by atoms with Gasteiger partial charge in [-0.15, -0.1) is 0 Å². The Morgan fingerprint density at radius 2 is 1.26 bits per heavy atom. The molecular weight excluding hydrogens is 509 g/mol. The lowest BCUT2D eigenvalue weighted by atomic mass is 9.34. The molecule has 2 heterocycles. The molecule has 1 aliphatic carbocycles.